The van der Waals surface area contributed by atoms with Gasteiger partial charge in [-0.15, -0.1) is 5.10 Å². The molecule has 1 fully saturated rings. The lowest BCUT2D eigenvalue weighted by atomic mass is 10.1. The highest BCUT2D eigenvalue weighted by Gasteiger charge is 2.23. The van der Waals surface area contributed by atoms with Crippen LogP contribution in [0.5, 0.6) is 5.75 Å². The molecule has 1 atom stereocenters. The summed E-state index contributed by atoms with van der Waals surface area (Å²) in [6, 6.07) is 9.07. The third kappa shape index (κ3) is 3.28. The lowest BCUT2D eigenvalue weighted by molar-refractivity contribution is -0.121. The number of hydrogen-bond donors (Lipinski definition) is 2. The smallest absolute Gasteiger partial charge is 0.242 e. The quantitative estimate of drug-likeness (QED) is 0.539. The van der Waals surface area contributed by atoms with Crippen LogP contribution in [0, 0.1) is 0 Å². The summed E-state index contributed by atoms with van der Waals surface area (Å²) in [5.41, 5.74) is 2.21. The predicted molar refractivity (Wildman–Crippen MR) is 112 cm³/mol. The van der Waals surface area contributed by atoms with Gasteiger partial charge in [0.15, 0.2) is 11.5 Å². The molecule has 9 heteroatoms. The Kier molecular flexibility index (Phi) is 4.62. The first-order chi connectivity index (χ1) is 14.7. The standard InChI is InChI=1S/C21H21N7O2/c1-30-14-7-5-13(6-8-14)18-26-19-15-9-11-22-12-17(15)25-21(28(19)27-18)24-16-4-2-3-10-23-20(16)29/h5-9,11-12,16H,2-4,10H2,1H3,(H,23,29)(H,24,25)/t16-/m1/s1. The van der Waals surface area contributed by atoms with E-state index >= 15 is 0 Å². The second-order valence-electron chi connectivity index (χ2n) is 7.21. The number of benzene rings is 1. The highest BCUT2D eigenvalue weighted by molar-refractivity contribution is 5.93. The molecular formula is C21H21N7O2. The molecule has 0 radical (unpaired) electrons. The highest BCUT2D eigenvalue weighted by Crippen LogP contribution is 2.25. The van der Waals surface area contributed by atoms with Crippen molar-refractivity contribution < 1.29 is 9.53 Å². The van der Waals surface area contributed by atoms with E-state index in [1.807, 2.05) is 30.3 Å². The number of hydrogen-bond acceptors (Lipinski definition) is 7. The fraction of sp³-hybridized carbons (Fsp3) is 0.286. The number of carbonyl (C=O) groups excluding carboxylic acids is 1. The molecule has 30 heavy (non-hydrogen) atoms. The molecule has 1 aliphatic heterocycles. The van der Waals surface area contributed by atoms with Crippen LogP contribution in [0.15, 0.2) is 42.7 Å². The molecule has 1 aliphatic rings. The van der Waals surface area contributed by atoms with Crippen molar-refractivity contribution in [2.45, 2.75) is 25.3 Å². The van der Waals surface area contributed by atoms with Crippen molar-refractivity contribution in [3.8, 4) is 17.1 Å². The molecule has 4 aromatic rings. The van der Waals surface area contributed by atoms with Crippen molar-refractivity contribution in [1.82, 2.24) is 29.9 Å². The Morgan fingerprint density at radius 2 is 2.03 bits per heavy atom. The first-order valence-corrected chi connectivity index (χ1v) is 9.92. The fourth-order valence-corrected chi connectivity index (χ4v) is 3.65. The summed E-state index contributed by atoms with van der Waals surface area (Å²) >= 11 is 0. The number of rotatable bonds is 4. The van der Waals surface area contributed by atoms with Gasteiger partial charge in [0.2, 0.25) is 11.9 Å². The maximum Gasteiger partial charge on any atom is 0.242 e. The predicted octanol–water partition coefficient (Wildman–Crippen LogP) is 2.43. The van der Waals surface area contributed by atoms with E-state index in [0.29, 0.717) is 29.5 Å². The molecule has 1 amide bonds. The molecule has 1 aromatic carbocycles. The molecule has 0 bridgehead atoms. The minimum atomic E-state index is -0.369. The monoisotopic (exact) mass is 403 g/mol. The first-order valence-electron chi connectivity index (χ1n) is 9.92. The van der Waals surface area contributed by atoms with Crippen molar-refractivity contribution in [2.24, 2.45) is 0 Å². The molecule has 0 saturated carbocycles. The summed E-state index contributed by atoms with van der Waals surface area (Å²) in [6.07, 6.45) is 6.07. The summed E-state index contributed by atoms with van der Waals surface area (Å²) in [6.45, 7) is 0.701. The van der Waals surface area contributed by atoms with Crippen LogP contribution in [-0.2, 0) is 4.79 Å². The molecule has 0 aliphatic carbocycles. The number of nitrogens with one attached hydrogen (secondary N) is 2. The number of fused-ring (bicyclic) bond motifs is 3. The Morgan fingerprint density at radius 1 is 1.17 bits per heavy atom. The van der Waals surface area contributed by atoms with Gasteiger partial charge in [-0.3, -0.25) is 9.78 Å². The zero-order valence-electron chi connectivity index (χ0n) is 16.5. The molecule has 0 spiro atoms. The summed E-state index contributed by atoms with van der Waals surface area (Å²) in [5, 5.41) is 11.8. The van der Waals surface area contributed by atoms with Gasteiger partial charge in [0.05, 0.1) is 18.8 Å². The van der Waals surface area contributed by atoms with Gasteiger partial charge in [-0.05, 0) is 49.6 Å². The second-order valence-corrected chi connectivity index (χ2v) is 7.21. The number of ether oxygens (including phenoxy) is 1. The average Bonchev–Trinajstić information content (AvgIpc) is 3.14. The van der Waals surface area contributed by atoms with Gasteiger partial charge in [0.25, 0.3) is 0 Å². The van der Waals surface area contributed by atoms with Gasteiger partial charge in [-0.25, -0.2) is 9.97 Å². The zero-order chi connectivity index (χ0) is 20.5. The summed E-state index contributed by atoms with van der Waals surface area (Å²) < 4.78 is 6.90. The number of pyridine rings is 1. The molecule has 2 N–H and O–H groups in total. The molecule has 152 valence electrons. The lowest BCUT2D eigenvalue weighted by Gasteiger charge is -2.16. The zero-order valence-corrected chi connectivity index (χ0v) is 16.5. The molecule has 9 nitrogen and oxygen atoms in total. The van der Waals surface area contributed by atoms with Crippen LogP contribution in [0.25, 0.3) is 27.9 Å². The molecule has 3 aromatic heterocycles. The number of anilines is 1. The maximum atomic E-state index is 12.4. The molecule has 5 rings (SSSR count). The molecule has 0 unspecified atom stereocenters. The van der Waals surface area contributed by atoms with E-state index in [1.54, 1.807) is 24.0 Å². The van der Waals surface area contributed by atoms with Gasteiger partial charge in [0, 0.05) is 23.7 Å². The van der Waals surface area contributed by atoms with E-state index in [9.17, 15) is 4.79 Å². The van der Waals surface area contributed by atoms with Crippen LogP contribution in [0.1, 0.15) is 19.3 Å². The van der Waals surface area contributed by atoms with Crippen molar-refractivity contribution >= 4 is 28.4 Å². The van der Waals surface area contributed by atoms with Gasteiger partial charge in [-0.1, -0.05) is 0 Å². The van der Waals surface area contributed by atoms with E-state index in [4.69, 9.17) is 14.8 Å². The third-order valence-corrected chi connectivity index (χ3v) is 5.26. The van der Waals surface area contributed by atoms with Gasteiger partial charge in [0.1, 0.15) is 11.8 Å². The number of aromatic nitrogens is 5. The average molecular weight is 403 g/mol. The van der Waals surface area contributed by atoms with Crippen molar-refractivity contribution in [2.75, 3.05) is 19.0 Å². The topological polar surface area (TPSA) is 106 Å². The number of methoxy groups -OCH3 is 1. The van der Waals surface area contributed by atoms with E-state index in [1.165, 1.54) is 0 Å². The van der Waals surface area contributed by atoms with Crippen molar-refractivity contribution in [3.63, 3.8) is 0 Å². The van der Waals surface area contributed by atoms with Crippen LogP contribution in [0.3, 0.4) is 0 Å². The Bertz CT molecular complexity index is 1220. The van der Waals surface area contributed by atoms with Crippen LogP contribution in [0.4, 0.5) is 5.95 Å². The SMILES string of the molecule is COc1ccc(-c2nc3c4ccncc4nc(N[C@@H]4CCCCNC4=O)n3n2)cc1. The minimum absolute atomic E-state index is 0.0239. The van der Waals surface area contributed by atoms with E-state index in [0.717, 1.165) is 36.0 Å². The minimum Gasteiger partial charge on any atom is -0.497 e. The Labute approximate surface area is 172 Å². The molecule has 4 heterocycles. The Hall–Kier alpha value is -3.75. The largest absolute Gasteiger partial charge is 0.497 e. The fourth-order valence-electron chi connectivity index (χ4n) is 3.65. The summed E-state index contributed by atoms with van der Waals surface area (Å²) in [7, 11) is 1.63. The number of carbonyl (C=O) groups is 1. The van der Waals surface area contributed by atoms with E-state index < -0.39 is 0 Å². The summed E-state index contributed by atoms with van der Waals surface area (Å²) in [4.78, 5) is 26.1. The van der Waals surface area contributed by atoms with Crippen LogP contribution >= 0.6 is 0 Å². The lowest BCUT2D eigenvalue weighted by Crippen LogP contribution is -2.38. The van der Waals surface area contributed by atoms with Crippen LogP contribution < -0.4 is 15.4 Å². The number of amides is 1. The summed E-state index contributed by atoms with van der Waals surface area (Å²) in [5.74, 6) is 1.78. The van der Waals surface area contributed by atoms with Crippen LogP contribution in [0.2, 0.25) is 0 Å². The first kappa shape index (κ1) is 18.3. The molecular weight excluding hydrogens is 382 g/mol. The normalized spacial score (nSPS) is 17.0. The third-order valence-electron chi connectivity index (χ3n) is 5.26. The van der Waals surface area contributed by atoms with Crippen molar-refractivity contribution in [3.05, 3.63) is 42.7 Å². The van der Waals surface area contributed by atoms with Gasteiger partial charge >= 0.3 is 0 Å². The van der Waals surface area contributed by atoms with Crippen molar-refractivity contribution in [1.29, 1.82) is 0 Å². The Balaban J connectivity index is 1.63. The second kappa shape index (κ2) is 7.58. The Morgan fingerprint density at radius 3 is 2.87 bits per heavy atom. The van der Waals surface area contributed by atoms with E-state index in [2.05, 4.69) is 20.6 Å². The van der Waals surface area contributed by atoms with Crippen LogP contribution in [-0.4, -0.2) is 50.2 Å². The number of nitrogens with zero attached hydrogens (tertiary/aromatic N) is 5. The maximum absolute atomic E-state index is 12.4. The van der Waals surface area contributed by atoms with Gasteiger partial charge in [-0.2, -0.15) is 4.52 Å². The highest BCUT2D eigenvalue weighted by atomic mass is 16.5. The molecule has 1 saturated heterocycles. The van der Waals surface area contributed by atoms with Gasteiger partial charge < -0.3 is 15.4 Å². The van der Waals surface area contributed by atoms with E-state index in [-0.39, 0.29) is 11.9 Å².